The minimum Gasteiger partial charge on any atom is -0.497 e. The number of sulfonamides is 1. The van der Waals surface area contributed by atoms with E-state index in [9.17, 15) is 13.2 Å². The molecule has 0 fully saturated rings. The molecule has 166 valence electrons. The van der Waals surface area contributed by atoms with Gasteiger partial charge in [-0.1, -0.05) is 49.7 Å². The molecule has 1 aliphatic rings. The fourth-order valence-corrected chi connectivity index (χ4v) is 4.59. The molecular weight excluding hydrogens is 434 g/mol. The number of hydrogen-bond acceptors (Lipinski definition) is 4. The number of allylic oxidation sites excluding steroid dienone is 2. The van der Waals surface area contributed by atoms with Crippen LogP contribution < -0.4 is 4.72 Å². The van der Waals surface area contributed by atoms with Gasteiger partial charge in [0.05, 0.1) is 11.5 Å². The lowest BCUT2D eigenvalue weighted by atomic mass is 10.0. The summed E-state index contributed by atoms with van der Waals surface area (Å²) in [6.45, 7) is 5.06. The average molecular weight is 462 g/mol. The van der Waals surface area contributed by atoms with Crippen LogP contribution in [-0.4, -0.2) is 27.4 Å². The Morgan fingerprint density at radius 2 is 1.77 bits per heavy atom. The van der Waals surface area contributed by atoms with Crippen LogP contribution in [0.2, 0.25) is 5.02 Å². The summed E-state index contributed by atoms with van der Waals surface area (Å²) in [5, 5.41) is 0.490. The second-order valence-corrected chi connectivity index (χ2v) is 10.3. The number of halogens is 1. The van der Waals surface area contributed by atoms with E-state index in [-0.39, 0.29) is 17.2 Å². The third kappa shape index (κ3) is 6.66. The van der Waals surface area contributed by atoms with E-state index in [1.54, 1.807) is 12.1 Å². The standard InChI is InChI=1S/C24H28ClNO4S/c1-17(2)16-30-24-11-10-23(27)22(24)15-19-5-3-4-18(14-19)12-13-26-31(28,29)21-8-6-20(25)7-9-21/h3-9,14,17,26H,10-13,15-16H2,1-2H3. The fraction of sp³-hybridized carbons (Fsp3) is 0.375. The second-order valence-electron chi connectivity index (χ2n) is 8.13. The van der Waals surface area contributed by atoms with E-state index in [0.29, 0.717) is 43.2 Å². The number of carbonyl (C=O) groups is 1. The van der Waals surface area contributed by atoms with Gasteiger partial charge in [-0.3, -0.25) is 4.79 Å². The molecule has 3 rings (SSSR count). The van der Waals surface area contributed by atoms with Gasteiger partial charge >= 0.3 is 0 Å². The van der Waals surface area contributed by atoms with Crippen molar-refractivity contribution in [1.82, 2.24) is 4.72 Å². The summed E-state index contributed by atoms with van der Waals surface area (Å²) < 4.78 is 33.3. The predicted octanol–water partition coefficient (Wildman–Crippen LogP) is 4.69. The maximum atomic E-state index is 12.4. The predicted molar refractivity (Wildman–Crippen MR) is 123 cm³/mol. The van der Waals surface area contributed by atoms with Crippen molar-refractivity contribution in [1.29, 1.82) is 0 Å². The van der Waals surface area contributed by atoms with Crippen molar-refractivity contribution in [3.05, 3.63) is 76.0 Å². The number of rotatable bonds is 10. The number of ether oxygens (including phenoxy) is 1. The molecule has 2 aromatic carbocycles. The first kappa shape index (κ1) is 23.5. The van der Waals surface area contributed by atoms with Gasteiger partial charge in [0, 0.05) is 36.4 Å². The van der Waals surface area contributed by atoms with Crippen molar-refractivity contribution >= 4 is 27.4 Å². The highest BCUT2D eigenvalue weighted by Crippen LogP contribution is 2.27. The first-order chi connectivity index (χ1) is 14.7. The molecule has 0 saturated heterocycles. The van der Waals surface area contributed by atoms with E-state index in [1.807, 2.05) is 24.3 Å². The molecule has 0 amide bonds. The summed E-state index contributed by atoms with van der Waals surface area (Å²) in [6.07, 6.45) is 2.27. The number of ketones is 1. The molecule has 0 aliphatic heterocycles. The van der Waals surface area contributed by atoms with Gasteiger partial charge < -0.3 is 4.74 Å². The zero-order valence-corrected chi connectivity index (χ0v) is 19.4. The van der Waals surface area contributed by atoms with Crippen molar-refractivity contribution in [2.24, 2.45) is 5.92 Å². The van der Waals surface area contributed by atoms with Crippen molar-refractivity contribution < 1.29 is 17.9 Å². The summed E-state index contributed by atoms with van der Waals surface area (Å²) in [6, 6.07) is 14.0. The Labute approximate surface area is 189 Å². The lowest BCUT2D eigenvalue weighted by Crippen LogP contribution is -2.26. The highest BCUT2D eigenvalue weighted by molar-refractivity contribution is 7.89. The highest BCUT2D eigenvalue weighted by Gasteiger charge is 2.24. The van der Waals surface area contributed by atoms with E-state index < -0.39 is 10.0 Å². The Balaban J connectivity index is 1.62. The van der Waals surface area contributed by atoms with E-state index in [1.165, 1.54) is 12.1 Å². The Bertz CT molecular complexity index is 1060. The topological polar surface area (TPSA) is 72.5 Å². The molecule has 0 radical (unpaired) electrons. The number of benzene rings is 2. The van der Waals surface area contributed by atoms with Gasteiger partial charge in [0.25, 0.3) is 0 Å². The van der Waals surface area contributed by atoms with Gasteiger partial charge in [-0.2, -0.15) is 0 Å². The SMILES string of the molecule is CC(C)COC1=C(Cc2cccc(CCNS(=O)(=O)c3ccc(Cl)cc3)c2)C(=O)CC1. The first-order valence-electron chi connectivity index (χ1n) is 10.5. The Morgan fingerprint density at radius 3 is 2.48 bits per heavy atom. The van der Waals surface area contributed by atoms with Crippen LogP contribution in [0.15, 0.2) is 64.8 Å². The molecule has 5 nitrogen and oxygen atoms in total. The van der Waals surface area contributed by atoms with Crippen LogP contribution in [0.3, 0.4) is 0 Å². The Hall–Kier alpha value is -2.15. The number of hydrogen-bond donors (Lipinski definition) is 1. The quantitative estimate of drug-likeness (QED) is 0.557. The molecule has 0 bridgehead atoms. The van der Waals surface area contributed by atoms with Crippen molar-refractivity contribution in [3.8, 4) is 0 Å². The van der Waals surface area contributed by atoms with Gasteiger partial charge in [0.1, 0.15) is 5.76 Å². The molecule has 0 saturated carbocycles. The number of nitrogens with one attached hydrogen (secondary N) is 1. The third-order valence-corrected chi connectivity index (χ3v) is 6.77. The lowest BCUT2D eigenvalue weighted by Gasteiger charge is -2.12. The molecule has 0 aromatic heterocycles. The first-order valence-corrected chi connectivity index (χ1v) is 12.3. The summed E-state index contributed by atoms with van der Waals surface area (Å²) in [7, 11) is -3.58. The largest absolute Gasteiger partial charge is 0.497 e. The van der Waals surface area contributed by atoms with Crippen LogP contribution in [-0.2, 0) is 32.4 Å². The lowest BCUT2D eigenvalue weighted by molar-refractivity contribution is -0.115. The minimum absolute atomic E-state index is 0.153. The summed E-state index contributed by atoms with van der Waals surface area (Å²) in [5.41, 5.74) is 2.79. The molecule has 1 aliphatic carbocycles. The fourth-order valence-electron chi connectivity index (χ4n) is 3.43. The average Bonchev–Trinajstić information content (AvgIpc) is 3.06. The second kappa shape index (κ2) is 10.4. The van der Waals surface area contributed by atoms with Crippen LogP contribution in [0.5, 0.6) is 0 Å². The maximum absolute atomic E-state index is 12.4. The molecule has 1 N–H and O–H groups in total. The van der Waals surface area contributed by atoms with Gasteiger partial charge in [-0.15, -0.1) is 0 Å². The van der Waals surface area contributed by atoms with E-state index in [4.69, 9.17) is 16.3 Å². The normalized spacial score (nSPS) is 14.5. The molecule has 0 spiro atoms. The van der Waals surface area contributed by atoms with Gasteiger partial charge in [-0.25, -0.2) is 13.1 Å². The summed E-state index contributed by atoms with van der Waals surface area (Å²) in [5.74, 6) is 1.38. The number of Topliss-reactive ketones (excluding diaryl/α,β-unsaturated/α-hetero) is 1. The molecule has 0 heterocycles. The van der Waals surface area contributed by atoms with Gasteiger partial charge in [0.2, 0.25) is 10.0 Å². The molecule has 31 heavy (non-hydrogen) atoms. The third-order valence-electron chi connectivity index (χ3n) is 5.05. The van der Waals surface area contributed by atoms with Crippen LogP contribution in [0.4, 0.5) is 0 Å². The van der Waals surface area contributed by atoms with E-state index in [0.717, 1.165) is 22.5 Å². The smallest absolute Gasteiger partial charge is 0.240 e. The van der Waals surface area contributed by atoms with Gasteiger partial charge in [-0.05, 0) is 47.7 Å². The van der Waals surface area contributed by atoms with Crippen LogP contribution in [0.1, 0.15) is 37.8 Å². The van der Waals surface area contributed by atoms with Crippen LogP contribution in [0, 0.1) is 5.92 Å². The molecule has 0 unspecified atom stereocenters. The van der Waals surface area contributed by atoms with Crippen molar-refractivity contribution in [2.75, 3.05) is 13.2 Å². The molecule has 0 atom stereocenters. The maximum Gasteiger partial charge on any atom is 0.240 e. The van der Waals surface area contributed by atoms with Crippen molar-refractivity contribution in [2.45, 2.75) is 44.4 Å². The zero-order valence-electron chi connectivity index (χ0n) is 17.9. The van der Waals surface area contributed by atoms with Crippen LogP contribution >= 0.6 is 11.6 Å². The minimum atomic E-state index is -3.58. The zero-order chi connectivity index (χ0) is 22.4. The molecular formula is C24H28ClNO4S. The Morgan fingerprint density at radius 1 is 1.06 bits per heavy atom. The molecule has 2 aromatic rings. The highest BCUT2D eigenvalue weighted by atomic mass is 35.5. The molecule has 7 heteroatoms. The van der Waals surface area contributed by atoms with Crippen LogP contribution in [0.25, 0.3) is 0 Å². The van der Waals surface area contributed by atoms with E-state index >= 15 is 0 Å². The summed E-state index contributed by atoms with van der Waals surface area (Å²) >= 11 is 5.82. The van der Waals surface area contributed by atoms with E-state index in [2.05, 4.69) is 18.6 Å². The summed E-state index contributed by atoms with van der Waals surface area (Å²) in [4.78, 5) is 12.5. The van der Waals surface area contributed by atoms with Gasteiger partial charge in [0.15, 0.2) is 5.78 Å². The number of carbonyl (C=O) groups excluding carboxylic acids is 1. The Kier molecular flexibility index (Phi) is 7.92. The van der Waals surface area contributed by atoms with Crippen molar-refractivity contribution in [3.63, 3.8) is 0 Å². The monoisotopic (exact) mass is 461 g/mol.